The maximum absolute atomic E-state index is 12.2. The first-order chi connectivity index (χ1) is 10.1. The Bertz CT molecular complexity index is 609. The number of carbonyl (C=O) groups is 1. The molecule has 1 aliphatic carbocycles. The Morgan fingerprint density at radius 1 is 1.57 bits per heavy atom. The summed E-state index contributed by atoms with van der Waals surface area (Å²) in [6.45, 7) is 2.35. The molecule has 0 spiro atoms. The van der Waals surface area contributed by atoms with Crippen LogP contribution < -0.4 is 0 Å². The van der Waals surface area contributed by atoms with Gasteiger partial charge in [-0.1, -0.05) is 17.7 Å². The monoisotopic (exact) mass is 304 g/mol. The summed E-state index contributed by atoms with van der Waals surface area (Å²) in [5.74, 6) is 0.306. The maximum Gasteiger partial charge on any atom is 0.411 e. The maximum atomic E-state index is 12.2. The van der Waals surface area contributed by atoms with E-state index in [0.29, 0.717) is 18.0 Å². The number of hydrogen-bond donors (Lipinski definition) is 0. The van der Waals surface area contributed by atoms with Gasteiger partial charge in [0.2, 0.25) is 0 Å². The van der Waals surface area contributed by atoms with Crippen molar-refractivity contribution in [3.63, 3.8) is 0 Å². The molecule has 0 radical (unpaired) electrons. The molecule has 1 amide bonds. The van der Waals surface area contributed by atoms with E-state index < -0.39 is 5.56 Å². The molecule has 110 valence electrons. The predicted octanol–water partition coefficient (Wildman–Crippen LogP) is 3.38. The third-order valence-corrected chi connectivity index (χ3v) is 4.47. The number of halogens is 1. The molecule has 0 saturated carbocycles. The third kappa shape index (κ3) is 2.58. The molecule has 3 rings (SSSR count). The minimum atomic E-state index is -0.619. The first kappa shape index (κ1) is 14.2. The minimum Gasteiger partial charge on any atom is -0.430 e. The van der Waals surface area contributed by atoms with Gasteiger partial charge in [0.05, 0.1) is 11.6 Å². The number of alkyl halides is 1. The first-order valence-electron chi connectivity index (χ1n) is 7.24. The number of amides is 1. The SMILES string of the molecule is CC(Cl)OC(=O)N1CCC[C@@H]2c3cc(C#N)ccc3C[C@@H]21. The second-order valence-electron chi connectivity index (χ2n) is 5.67. The standard InChI is InChI=1S/C16H17ClN2O2/c1-10(17)21-16(20)19-6-2-3-13-14-7-11(9-18)4-5-12(14)8-15(13)19/h4-5,7,10,13,15H,2-3,6,8H2,1H3/t10?,13-,15+/m1/s1. The molecule has 2 aliphatic rings. The molecule has 1 aromatic rings. The molecule has 1 aliphatic heterocycles. The average molecular weight is 305 g/mol. The number of piperidine rings is 1. The predicted molar refractivity (Wildman–Crippen MR) is 79.1 cm³/mol. The zero-order chi connectivity index (χ0) is 15.0. The van der Waals surface area contributed by atoms with Crippen LogP contribution in [0.4, 0.5) is 4.79 Å². The van der Waals surface area contributed by atoms with Crippen molar-refractivity contribution in [2.24, 2.45) is 0 Å². The topological polar surface area (TPSA) is 53.3 Å². The number of carbonyl (C=O) groups excluding carboxylic acids is 1. The molecule has 3 atom stereocenters. The van der Waals surface area contributed by atoms with E-state index in [2.05, 4.69) is 6.07 Å². The molecular formula is C16H17ClN2O2. The van der Waals surface area contributed by atoms with Gasteiger partial charge in [0.15, 0.2) is 5.56 Å². The molecule has 4 nitrogen and oxygen atoms in total. The number of nitriles is 1. The van der Waals surface area contributed by atoms with Gasteiger partial charge in [-0.15, -0.1) is 0 Å². The number of benzene rings is 1. The van der Waals surface area contributed by atoms with Crippen LogP contribution in [0.3, 0.4) is 0 Å². The quantitative estimate of drug-likeness (QED) is 0.747. The van der Waals surface area contributed by atoms with E-state index in [0.717, 1.165) is 19.3 Å². The van der Waals surface area contributed by atoms with E-state index in [9.17, 15) is 4.79 Å². The van der Waals surface area contributed by atoms with Gasteiger partial charge in [-0.05, 0) is 49.4 Å². The summed E-state index contributed by atoms with van der Waals surface area (Å²) in [5.41, 5.74) is 2.52. The lowest BCUT2D eigenvalue weighted by molar-refractivity contribution is 0.0647. The van der Waals surface area contributed by atoms with E-state index in [1.807, 2.05) is 18.2 Å². The lowest BCUT2D eigenvalue weighted by Crippen LogP contribution is -2.47. The normalized spacial score (nSPS) is 24.7. The van der Waals surface area contributed by atoms with E-state index >= 15 is 0 Å². The Morgan fingerprint density at radius 2 is 2.38 bits per heavy atom. The van der Waals surface area contributed by atoms with Crippen LogP contribution in [-0.2, 0) is 11.2 Å². The Kier molecular flexibility index (Phi) is 3.77. The summed E-state index contributed by atoms with van der Waals surface area (Å²) >= 11 is 5.76. The minimum absolute atomic E-state index is 0.130. The van der Waals surface area contributed by atoms with Crippen molar-refractivity contribution in [3.8, 4) is 6.07 Å². The van der Waals surface area contributed by atoms with Gasteiger partial charge < -0.3 is 9.64 Å². The Morgan fingerprint density at radius 3 is 3.10 bits per heavy atom. The number of hydrogen-bond acceptors (Lipinski definition) is 3. The third-order valence-electron chi connectivity index (χ3n) is 4.38. The smallest absolute Gasteiger partial charge is 0.411 e. The second-order valence-corrected chi connectivity index (χ2v) is 6.28. The molecule has 1 heterocycles. The van der Waals surface area contributed by atoms with E-state index in [-0.39, 0.29) is 12.1 Å². The molecule has 1 unspecified atom stereocenters. The van der Waals surface area contributed by atoms with Crippen LogP contribution in [0.2, 0.25) is 0 Å². The lowest BCUT2D eigenvalue weighted by Gasteiger charge is -2.37. The van der Waals surface area contributed by atoms with Crippen molar-refractivity contribution >= 4 is 17.7 Å². The van der Waals surface area contributed by atoms with Crippen LogP contribution in [0.15, 0.2) is 18.2 Å². The van der Waals surface area contributed by atoms with Crippen molar-refractivity contribution in [1.29, 1.82) is 5.26 Å². The Hall–Kier alpha value is -1.73. The zero-order valence-electron chi connectivity index (χ0n) is 11.9. The highest BCUT2D eigenvalue weighted by molar-refractivity contribution is 6.19. The van der Waals surface area contributed by atoms with Crippen molar-refractivity contribution < 1.29 is 9.53 Å². The van der Waals surface area contributed by atoms with Gasteiger partial charge in [0.1, 0.15) is 0 Å². The zero-order valence-corrected chi connectivity index (χ0v) is 12.6. The van der Waals surface area contributed by atoms with Crippen LogP contribution in [-0.4, -0.2) is 29.1 Å². The fourth-order valence-electron chi connectivity index (χ4n) is 3.53. The molecule has 5 heteroatoms. The summed E-state index contributed by atoms with van der Waals surface area (Å²) in [6.07, 6.45) is 2.49. The van der Waals surface area contributed by atoms with Crippen molar-refractivity contribution in [2.45, 2.75) is 43.7 Å². The molecule has 0 bridgehead atoms. The van der Waals surface area contributed by atoms with Crippen molar-refractivity contribution in [1.82, 2.24) is 4.90 Å². The summed E-state index contributed by atoms with van der Waals surface area (Å²) in [6, 6.07) is 8.15. The lowest BCUT2D eigenvalue weighted by atomic mass is 9.88. The molecular weight excluding hydrogens is 288 g/mol. The number of rotatable bonds is 1. The molecule has 0 N–H and O–H groups in total. The van der Waals surface area contributed by atoms with Gasteiger partial charge in [0, 0.05) is 18.5 Å². The molecule has 0 aromatic heterocycles. The van der Waals surface area contributed by atoms with E-state index in [1.54, 1.807) is 11.8 Å². The highest BCUT2D eigenvalue weighted by atomic mass is 35.5. The summed E-state index contributed by atoms with van der Waals surface area (Å²) in [7, 11) is 0. The molecule has 1 saturated heterocycles. The highest BCUT2D eigenvalue weighted by Gasteiger charge is 2.41. The Balaban J connectivity index is 1.86. The van der Waals surface area contributed by atoms with Crippen LogP contribution in [0.25, 0.3) is 0 Å². The number of fused-ring (bicyclic) bond motifs is 3. The van der Waals surface area contributed by atoms with E-state index in [1.165, 1.54) is 11.1 Å². The van der Waals surface area contributed by atoms with Gasteiger partial charge in [-0.2, -0.15) is 5.26 Å². The Labute approximate surface area is 129 Å². The fraction of sp³-hybridized carbons (Fsp3) is 0.500. The summed E-state index contributed by atoms with van der Waals surface area (Å²) in [5, 5.41) is 9.06. The van der Waals surface area contributed by atoms with E-state index in [4.69, 9.17) is 21.6 Å². The average Bonchev–Trinajstić information content (AvgIpc) is 2.83. The van der Waals surface area contributed by atoms with Gasteiger partial charge >= 0.3 is 6.09 Å². The van der Waals surface area contributed by atoms with Crippen LogP contribution in [0.1, 0.15) is 42.4 Å². The molecule has 1 aromatic carbocycles. The number of ether oxygens (including phenoxy) is 1. The number of nitrogens with zero attached hydrogens (tertiary/aromatic N) is 2. The largest absolute Gasteiger partial charge is 0.430 e. The van der Waals surface area contributed by atoms with Crippen molar-refractivity contribution in [3.05, 3.63) is 34.9 Å². The van der Waals surface area contributed by atoms with Crippen LogP contribution >= 0.6 is 11.6 Å². The van der Waals surface area contributed by atoms with Crippen molar-refractivity contribution in [2.75, 3.05) is 6.54 Å². The highest BCUT2D eigenvalue weighted by Crippen LogP contribution is 2.42. The second kappa shape index (κ2) is 5.57. The van der Waals surface area contributed by atoms with Crippen LogP contribution in [0.5, 0.6) is 0 Å². The van der Waals surface area contributed by atoms with Crippen LogP contribution in [0, 0.1) is 11.3 Å². The molecule has 1 fully saturated rings. The fourth-order valence-corrected chi connectivity index (χ4v) is 3.60. The van der Waals surface area contributed by atoms with Gasteiger partial charge in [-0.3, -0.25) is 0 Å². The number of likely N-dealkylation sites (tertiary alicyclic amines) is 1. The van der Waals surface area contributed by atoms with Gasteiger partial charge in [-0.25, -0.2) is 4.79 Å². The van der Waals surface area contributed by atoms with Gasteiger partial charge in [0.25, 0.3) is 0 Å². The summed E-state index contributed by atoms with van der Waals surface area (Å²) in [4.78, 5) is 14.0. The summed E-state index contributed by atoms with van der Waals surface area (Å²) < 4.78 is 5.14. The molecule has 21 heavy (non-hydrogen) atoms. The first-order valence-corrected chi connectivity index (χ1v) is 7.68.